The molecule has 0 N–H and O–H groups in total. The van der Waals surface area contributed by atoms with E-state index in [2.05, 4.69) is 51.6 Å². The second-order valence-corrected chi connectivity index (χ2v) is 5.13. The Bertz CT molecular complexity index is 334. The molecule has 0 heterocycles. The highest BCUT2D eigenvalue weighted by Gasteiger charge is 2.21. The smallest absolute Gasteiger partial charge is 0.00976 e. The Balaban J connectivity index is 2.83. The molecule has 0 saturated carbocycles. The third-order valence-corrected chi connectivity index (χ3v) is 3.32. The minimum absolute atomic E-state index is 0.264. The van der Waals surface area contributed by atoms with Crippen LogP contribution in [0.3, 0.4) is 0 Å². The van der Waals surface area contributed by atoms with Crippen molar-refractivity contribution in [3.8, 4) is 0 Å². The van der Waals surface area contributed by atoms with Gasteiger partial charge in [0.25, 0.3) is 0 Å². The van der Waals surface area contributed by atoms with Crippen LogP contribution in [-0.4, -0.2) is 0 Å². The van der Waals surface area contributed by atoms with Crippen molar-refractivity contribution >= 4 is 6.08 Å². The lowest BCUT2D eigenvalue weighted by Crippen LogP contribution is -2.18. The lowest BCUT2D eigenvalue weighted by Gasteiger charge is -2.27. The molecule has 0 radical (unpaired) electrons. The summed E-state index contributed by atoms with van der Waals surface area (Å²) in [6.07, 6.45) is 7.16. The van der Waals surface area contributed by atoms with E-state index in [9.17, 15) is 0 Å². The van der Waals surface area contributed by atoms with Crippen LogP contribution < -0.4 is 0 Å². The Morgan fingerprint density at radius 1 is 1.19 bits per heavy atom. The normalized spacial score (nSPS) is 11.4. The molecular weight excluding hydrogens is 192 g/mol. The van der Waals surface area contributed by atoms with Gasteiger partial charge >= 0.3 is 0 Å². The van der Waals surface area contributed by atoms with Crippen molar-refractivity contribution in [3.63, 3.8) is 0 Å². The van der Waals surface area contributed by atoms with Crippen LogP contribution in [0.15, 0.2) is 30.8 Å². The molecule has 1 aromatic rings. The summed E-state index contributed by atoms with van der Waals surface area (Å²) in [5, 5.41) is 0. The molecule has 0 nitrogen and oxygen atoms in total. The number of hydrogen-bond donors (Lipinski definition) is 0. The average molecular weight is 216 g/mol. The fraction of sp³-hybridized carbons (Fsp3) is 0.500. The fourth-order valence-electron chi connectivity index (χ4n) is 2.24. The van der Waals surface area contributed by atoms with Crippen molar-refractivity contribution in [3.05, 3.63) is 42.0 Å². The highest BCUT2D eigenvalue weighted by atomic mass is 14.3. The maximum Gasteiger partial charge on any atom is -0.00976 e. The van der Waals surface area contributed by atoms with Crippen molar-refractivity contribution in [1.29, 1.82) is 0 Å². The molecule has 0 atom stereocenters. The Morgan fingerprint density at radius 2 is 1.88 bits per heavy atom. The molecule has 0 spiro atoms. The predicted octanol–water partition coefficient (Wildman–Crippen LogP) is 5.19. The SMILES string of the molecule is C=Cc1ccccc1C(C)(C)CCCCC. The molecule has 1 aromatic carbocycles. The van der Waals surface area contributed by atoms with Crippen LogP contribution in [0.5, 0.6) is 0 Å². The van der Waals surface area contributed by atoms with E-state index in [1.165, 1.54) is 36.8 Å². The van der Waals surface area contributed by atoms with Crippen molar-refractivity contribution in [1.82, 2.24) is 0 Å². The van der Waals surface area contributed by atoms with Gasteiger partial charge in [-0.15, -0.1) is 0 Å². The molecule has 0 bridgehead atoms. The van der Waals surface area contributed by atoms with Gasteiger partial charge in [-0.1, -0.05) is 77.0 Å². The van der Waals surface area contributed by atoms with Crippen molar-refractivity contribution in [2.24, 2.45) is 0 Å². The van der Waals surface area contributed by atoms with Crippen LogP contribution in [-0.2, 0) is 5.41 Å². The van der Waals surface area contributed by atoms with Crippen LogP contribution in [0.25, 0.3) is 6.08 Å². The molecule has 0 saturated heterocycles. The van der Waals surface area contributed by atoms with Crippen molar-refractivity contribution < 1.29 is 0 Å². The summed E-state index contributed by atoms with van der Waals surface area (Å²) in [5.74, 6) is 0. The fourth-order valence-corrected chi connectivity index (χ4v) is 2.24. The number of rotatable bonds is 6. The first kappa shape index (κ1) is 13.0. The van der Waals surface area contributed by atoms with Crippen LogP contribution in [0, 0.1) is 0 Å². The first-order valence-electron chi connectivity index (χ1n) is 6.33. The highest BCUT2D eigenvalue weighted by Crippen LogP contribution is 2.32. The summed E-state index contributed by atoms with van der Waals surface area (Å²) in [6, 6.07) is 8.61. The van der Waals surface area contributed by atoms with E-state index in [1.54, 1.807) is 0 Å². The van der Waals surface area contributed by atoms with E-state index in [-0.39, 0.29) is 5.41 Å². The van der Waals surface area contributed by atoms with E-state index in [4.69, 9.17) is 0 Å². The molecule has 0 heteroatoms. The van der Waals surface area contributed by atoms with E-state index >= 15 is 0 Å². The first-order chi connectivity index (χ1) is 7.61. The molecule has 0 aliphatic heterocycles. The summed E-state index contributed by atoms with van der Waals surface area (Å²) in [6.45, 7) is 10.8. The third kappa shape index (κ3) is 3.23. The van der Waals surface area contributed by atoms with Gasteiger partial charge < -0.3 is 0 Å². The maximum atomic E-state index is 3.90. The summed E-state index contributed by atoms with van der Waals surface area (Å²) < 4.78 is 0. The third-order valence-electron chi connectivity index (χ3n) is 3.32. The zero-order valence-electron chi connectivity index (χ0n) is 10.9. The number of unbranched alkanes of at least 4 members (excludes halogenated alkanes) is 2. The highest BCUT2D eigenvalue weighted by molar-refractivity contribution is 5.53. The molecule has 1 rings (SSSR count). The second kappa shape index (κ2) is 5.89. The zero-order chi connectivity index (χ0) is 12.0. The van der Waals surface area contributed by atoms with Gasteiger partial charge in [0.1, 0.15) is 0 Å². The van der Waals surface area contributed by atoms with E-state index in [1.807, 2.05) is 6.08 Å². The van der Waals surface area contributed by atoms with E-state index in [0.29, 0.717) is 0 Å². The molecular formula is C16H24. The zero-order valence-corrected chi connectivity index (χ0v) is 10.9. The quantitative estimate of drug-likeness (QED) is 0.574. The van der Waals surface area contributed by atoms with Gasteiger partial charge in [0.15, 0.2) is 0 Å². The lowest BCUT2D eigenvalue weighted by molar-refractivity contribution is 0.449. The molecule has 0 amide bonds. The maximum absolute atomic E-state index is 3.90. The molecule has 0 unspecified atom stereocenters. The summed E-state index contributed by atoms with van der Waals surface area (Å²) in [4.78, 5) is 0. The molecule has 88 valence electrons. The monoisotopic (exact) mass is 216 g/mol. The minimum atomic E-state index is 0.264. The van der Waals surface area contributed by atoms with Gasteiger partial charge in [0.2, 0.25) is 0 Å². The van der Waals surface area contributed by atoms with Gasteiger partial charge in [0, 0.05) is 0 Å². The Labute approximate surface area is 100 Å². The summed E-state index contributed by atoms with van der Waals surface area (Å²) in [7, 11) is 0. The van der Waals surface area contributed by atoms with Crippen molar-refractivity contribution in [2.45, 2.75) is 51.9 Å². The lowest BCUT2D eigenvalue weighted by atomic mass is 9.78. The average Bonchev–Trinajstić information content (AvgIpc) is 2.29. The minimum Gasteiger partial charge on any atom is -0.0985 e. The number of benzene rings is 1. The predicted molar refractivity (Wildman–Crippen MR) is 73.7 cm³/mol. The topological polar surface area (TPSA) is 0 Å². The van der Waals surface area contributed by atoms with Gasteiger partial charge in [0.05, 0.1) is 0 Å². The van der Waals surface area contributed by atoms with Crippen LogP contribution in [0.2, 0.25) is 0 Å². The first-order valence-corrected chi connectivity index (χ1v) is 6.33. The standard InChI is InChI=1S/C16H24/c1-5-7-10-13-16(3,4)15-12-9-8-11-14(15)6-2/h6,8-9,11-12H,2,5,7,10,13H2,1,3-4H3. The molecule has 0 aliphatic rings. The van der Waals surface area contributed by atoms with Crippen LogP contribution in [0.1, 0.15) is 57.6 Å². The largest absolute Gasteiger partial charge is 0.0985 e. The van der Waals surface area contributed by atoms with Gasteiger partial charge in [-0.2, -0.15) is 0 Å². The molecule has 0 aliphatic carbocycles. The molecule has 0 aromatic heterocycles. The van der Waals surface area contributed by atoms with Gasteiger partial charge in [-0.3, -0.25) is 0 Å². The van der Waals surface area contributed by atoms with Crippen molar-refractivity contribution in [2.75, 3.05) is 0 Å². The van der Waals surface area contributed by atoms with Crippen LogP contribution >= 0.6 is 0 Å². The number of hydrogen-bond acceptors (Lipinski definition) is 0. The Hall–Kier alpha value is -1.04. The van der Waals surface area contributed by atoms with E-state index in [0.717, 1.165) is 0 Å². The van der Waals surface area contributed by atoms with Crippen LogP contribution in [0.4, 0.5) is 0 Å². The second-order valence-electron chi connectivity index (χ2n) is 5.13. The Morgan fingerprint density at radius 3 is 2.50 bits per heavy atom. The van der Waals surface area contributed by atoms with Gasteiger partial charge in [-0.05, 0) is 23.0 Å². The summed E-state index contributed by atoms with van der Waals surface area (Å²) in [5.41, 5.74) is 2.98. The van der Waals surface area contributed by atoms with E-state index < -0.39 is 0 Å². The molecule has 16 heavy (non-hydrogen) atoms. The Kier molecular flexibility index (Phi) is 4.79. The summed E-state index contributed by atoms with van der Waals surface area (Å²) >= 11 is 0. The van der Waals surface area contributed by atoms with Gasteiger partial charge in [-0.25, -0.2) is 0 Å². The molecule has 0 fully saturated rings.